The first-order valence-electron chi connectivity index (χ1n) is 2.79. The number of hydrogen-bond donors (Lipinski definition) is 2. The summed E-state index contributed by atoms with van der Waals surface area (Å²) in [5.41, 5.74) is 2.93. The number of aromatic nitrogens is 1. The van der Waals surface area contributed by atoms with Crippen LogP contribution in [0, 0.1) is 10.5 Å². The van der Waals surface area contributed by atoms with Crippen molar-refractivity contribution in [3.63, 3.8) is 0 Å². The van der Waals surface area contributed by atoms with Crippen molar-refractivity contribution >= 4 is 40.0 Å². The van der Waals surface area contributed by atoms with Gasteiger partial charge in [0.1, 0.15) is 4.88 Å². The van der Waals surface area contributed by atoms with E-state index >= 15 is 0 Å². The number of hydrazine groups is 1. The fourth-order valence-electron chi connectivity index (χ4n) is 0.565. The first-order chi connectivity index (χ1) is 5.16. The van der Waals surface area contributed by atoms with Gasteiger partial charge in [-0.15, -0.1) is 0 Å². The summed E-state index contributed by atoms with van der Waals surface area (Å²) in [4.78, 5) is 11.6. The predicted molar refractivity (Wildman–Crippen MR) is 51.2 cm³/mol. The fourth-order valence-corrected chi connectivity index (χ4v) is 2.08. The number of nitrogens with zero attached hydrogens (tertiary/aromatic N) is 1. The van der Waals surface area contributed by atoms with E-state index in [4.69, 9.17) is 5.84 Å². The van der Waals surface area contributed by atoms with Crippen LogP contribution in [-0.2, 0) is 0 Å². The van der Waals surface area contributed by atoms with Crippen LogP contribution in [0.3, 0.4) is 0 Å². The van der Waals surface area contributed by atoms with Crippen molar-refractivity contribution in [2.45, 2.75) is 6.92 Å². The number of aryl methyl sites for hydroxylation is 1. The lowest BCUT2D eigenvalue weighted by molar-refractivity contribution is 0.0957. The molecule has 0 aliphatic heterocycles. The zero-order valence-electron chi connectivity index (χ0n) is 5.72. The molecular formula is C5H6IN3OS. The van der Waals surface area contributed by atoms with Crippen LogP contribution >= 0.6 is 34.1 Å². The molecule has 4 nitrogen and oxygen atoms in total. The highest BCUT2D eigenvalue weighted by Crippen LogP contribution is 2.19. The lowest BCUT2D eigenvalue weighted by Gasteiger charge is -1.93. The van der Waals surface area contributed by atoms with E-state index in [0.29, 0.717) is 4.88 Å². The lowest BCUT2D eigenvalue weighted by atomic mass is 10.4. The molecule has 0 bridgehead atoms. The summed E-state index contributed by atoms with van der Waals surface area (Å²) in [7, 11) is 0. The van der Waals surface area contributed by atoms with Crippen molar-refractivity contribution in [3.8, 4) is 0 Å². The van der Waals surface area contributed by atoms with Gasteiger partial charge < -0.3 is 0 Å². The number of hydrogen-bond acceptors (Lipinski definition) is 4. The van der Waals surface area contributed by atoms with E-state index in [1.807, 2.05) is 6.92 Å². The molecule has 0 atom stereocenters. The van der Waals surface area contributed by atoms with Gasteiger partial charge in [-0.25, -0.2) is 5.84 Å². The Morgan fingerprint density at radius 1 is 1.82 bits per heavy atom. The molecule has 1 amide bonds. The molecule has 6 heteroatoms. The number of nitrogens with two attached hydrogens (primary N) is 1. The molecule has 0 aromatic carbocycles. The van der Waals surface area contributed by atoms with Crippen molar-refractivity contribution in [1.82, 2.24) is 9.80 Å². The Bertz CT molecular complexity index is 285. The maximum atomic E-state index is 11.0. The molecule has 0 unspecified atom stereocenters. The molecule has 1 rings (SSSR count). The standard InChI is InChI=1S/C5H6IN3OS/c1-2-3(6)4(11-9-2)5(10)8-7/h7H2,1H3,(H,8,10). The molecule has 0 aliphatic carbocycles. The van der Waals surface area contributed by atoms with Crippen LogP contribution in [-0.4, -0.2) is 10.3 Å². The van der Waals surface area contributed by atoms with Gasteiger partial charge in [0.05, 0.1) is 9.26 Å². The van der Waals surface area contributed by atoms with E-state index in [2.05, 4.69) is 32.4 Å². The van der Waals surface area contributed by atoms with Crippen molar-refractivity contribution in [2.24, 2.45) is 5.84 Å². The third-order valence-electron chi connectivity index (χ3n) is 1.13. The highest BCUT2D eigenvalue weighted by Gasteiger charge is 2.13. The van der Waals surface area contributed by atoms with E-state index in [1.165, 1.54) is 0 Å². The molecule has 0 spiro atoms. The third kappa shape index (κ3) is 1.68. The molecule has 3 N–H and O–H groups in total. The molecule has 0 saturated carbocycles. The Morgan fingerprint density at radius 3 is 2.82 bits per heavy atom. The summed E-state index contributed by atoms with van der Waals surface area (Å²) in [6, 6.07) is 0. The van der Waals surface area contributed by atoms with Crippen LogP contribution in [0.2, 0.25) is 0 Å². The van der Waals surface area contributed by atoms with Gasteiger partial charge in [0.25, 0.3) is 5.91 Å². The lowest BCUT2D eigenvalue weighted by Crippen LogP contribution is -2.29. The number of halogens is 1. The van der Waals surface area contributed by atoms with Crippen LogP contribution in [0.25, 0.3) is 0 Å². The smallest absolute Gasteiger partial charge is 0.277 e. The zero-order chi connectivity index (χ0) is 8.43. The molecule has 1 heterocycles. The highest BCUT2D eigenvalue weighted by molar-refractivity contribution is 14.1. The van der Waals surface area contributed by atoms with Gasteiger partial charge in [0.2, 0.25) is 0 Å². The van der Waals surface area contributed by atoms with Crippen LogP contribution < -0.4 is 11.3 Å². The van der Waals surface area contributed by atoms with Gasteiger partial charge in [-0.2, -0.15) is 4.37 Å². The average Bonchev–Trinajstić information content (AvgIpc) is 2.32. The maximum Gasteiger partial charge on any atom is 0.277 e. The van der Waals surface area contributed by atoms with Crippen molar-refractivity contribution in [2.75, 3.05) is 0 Å². The van der Waals surface area contributed by atoms with Gasteiger partial charge in [0.15, 0.2) is 0 Å². The first kappa shape index (κ1) is 8.88. The number of carbonyl (C=O) groups is 1. The number of amides is 1. The van der Waals surface area contributed by atoms with E-state index in [0.717, 1.165) is 20.8 Å². The van der Waals surface area contributed by atoms with Crippen molar-refractivity contribution < 1.29 is 4.79 Å². The predicted octanol–water partition coefficient (Wildman–Crippen LogP) is 0.660. The SMILES string of the molecule is Cc1nsc(C(=O)NN)c1I. The Labute approximate surface area is 81.4 Å². The second-order valence-electron chi connectivity index (χ2n) is 1.88. The molecule has 1 aromatic rings. The van der Waals surface area contributed by atoms with Crippen LogP contribution in [0.4, 0.5) is 0 Å². The Morgan fingerprint density at radius 2 is 2.45 bits per heavy atom. The average molecular weight is 283 g/mol. The summed E-state index contributed by atoms with van der Waals surface area (Å²) in [6.45, 7) is 1.85. The zero-order valence-corrected chi connectivity index (χ0v) is 8.69. The minimum absolute atomic E-state index is 0.278. The van der Waals surface area contributed by atoms with Gasteiger partial charge in [-0.3, -0.25) is 10.2 Å². The normalized spacial score (nSPS) is 9.73. The number of nitrogen functional groups attached to an aromatic ring is 1. The van der Waals surface area contributed by atoms with Gasteiger partial charge in [-0.1, -0.05) is 0 Å². The fraction of sp³-hybridized carbons (Fsp3) is 0.200. The molecule has 0 radical (unpaired) electrons. The second-order valence-corrected chi connectivity index (χ2v) is 3.74. The van der Waals surface area contributed by atoms with Gasteiger partial charge in [-0.05, 0) is 41.0 Å². The summed E-state index contributed by atoms with van der Waals surface area (Å²) in [6.07, 6.45) is 0. The van der Waals surface area contributed by atoms with Crippen molar-refractivity contribution in [1.29, 1.82) is 0 Å². The van der Waals surface area contributed by atoms with Crippen LogP contribution in [0.15, 0.2) is 0 Å². The van der Waals surface area contributed by atoms with Gasteiger partial charge in [0, 0.05) is 0 Å². The van der Waals surface area contributed by atoms with E-state index in [1.54, 1.807) is 0 Å². The topological polar surface area (TPSA) is 68.0 Å². The molecular weight excluding hydrogens is 277 g/mol. The second kappa shape index (κ2) is 3.46. The minimum atomic E-state index is -0.278. The first-order valence-corrected chi connectivity index (χ1v) is 4.64. The summed E-state index contributed by atoms with van der Waals surface area (Å²) >= 11 is 3.23. The largest absolute Gasteiger partial charge is 0.289 e. The summed E-state index contributed by atoms with van der Waals surface area (Å²) in [5, 5.41) is 0. The molecule has 1 aromatic heterocycles. The maximum absolute atomic E-state index is 11.0. The molecule has 0 saturated heterocycles. The molecule has 0 fully saturated rings. The van der Waals surface area contributed by atoms with Gasteiger partial charge >= 0.3 is 0 Å². The number of carbonyl (C=O) groups excluding carboxylic acids is 1. The van der Waals surface area contributed by atoms with Crippen molar-refractivity contribution in [3.05, 3.63) is 14.1 Å². The van der Waals surface area contributed by atoms with Crippen LogP contribution in [0.1, 0.15) is 15.4 Å². The minimum Gasteiger partial charge on any atom is -0.289 e. The number of rotatable bonds is 1. The van der Waals surface area contributed by atoms with Crippen LogP contribution in [0.5, 0.6) is 0 Å². The number of nitrogens with one attached hydrogen (secondary N) is 1. The van der Waals surface area contributed by atoms with E-state index < -0.39 is 0 Å². The molecule has 0 aliphatic rings. The Balaban J connectivity index is 3.04. The Kier molecular flexibility index (Phi) is 2.79. The molecule has 11 heavy (non-hydrogen) atoms. The summed E-state index contributed by atoms with van der Waals surface area (Å²) < 4.78 is 4.87. The third-order valence-corrected chi connectivity index (χ3v) is 3.75. The monoisotopic (exact) mass is 283 g/mol. The molecule has 60 valence electrons. The Hall–Kier alpha value is -0.210. The quantitative estimate of drug-likeness (QED) is 0.344. The van der Waals surface area contributed by atoms with E-state index in [9.17, 15) is 4.79 Å². The highest BCUT2D eigenvalue weighted by atomic mass is 127. The van der Waals surface area contributed by atoms with E-state index in [-0.39, 0.29) is 5.91 Å². The summed E-state index contributed by atoms with van der Waals surface area (Å²) in [5.74, 6) is 4.68.